The van der Waals surface area contributed by atoms with Crippen molar-refractivity contribution >= 4 is 21.8 Å². The molecule has 0 aliphatic carbocycles. The summed E-state index contributed by atoms with van der Waals surface area (Å²) in [5, 5.41) is 0. The summed E-state index contributed by atoms with van der Waals surface area (Å²) in [6, 6.07) is 1.99. The van der Waals surface area contributed by atoms with Crippen molar-refractivity contribution in [3.8, 4) is 0 Å². The first-order valence-corrected chi connectivity index (χ1v) is 6.61. The van der Waals surface area contributed by atoms with Crippen LogP contribution < -0.4 is 0 Å². The van der Waals surface area contributed by atoms with Crippen molar-refractivity contribution in [2.45, 2.75) is 13.5 Å². The number of hydrogen-bond donors (Lipinski definition) is 0. The van der Waals surface area contributed by atoms with Crippen molar-refractivity contribution in [1.29, 1.82) is 0 Å². The molecule has 1 amide bonds. The molecule has 0 unspecified atom stereocenters. The first kappa shape index (κ1) is 13.7. The maximum atomic E-state index is 12.2. The minimum atomic E-state index is -0.134. The van der Waals surface area contributed by atoms with Crippen LogP contribution in [0.3, 0.4) is 0 Å². The first-order chi connectivity index (χ1) is 8.97. The van der Waals surface area contributed by atoms with Gasteiger partial charge in [0.25, 0.3) is 5.91 Å². The predicted molar refractivity (Wildman–Crippen MR) is 75.7 cm³/mol. The van der Waals surface area contributed by atoms with Gasteiger partial charge in [0.2, 0.25) is 0 Å². The zero-order chi connectivity index (χ0) is 14.0. The molecule has 0 aliphatic heterocycles. The fraction of sp³-hybridized carbons (Fsp3) is 0.308. The molecule has 6 heteroatoms. The number of rotatable bonds is 3. The van der Waals surface area contributed by atoms with Gasteiger partial charge < -0.3 is 9.47 Å². The van der Waals surface area contributed by atoms with E-state index in [0.29, 0.717) is 12.2 Å². The molecule has 0 saturated heterocycles. The maximum Gasteiger partial charge on any atom is 0.274 e. The summed E-state index contributed by atoms with van der Waals surface area (Å²) in [7, 11) is 3.70. The Labute approximate surface area is 120 Å². The number of halogens is 1. The summed E-state index contributed by atoms with van der Waals surface area (Å²) in [6.07, 6.45) is 5.06. The van der Waals surface area contributed by atoms with Crippen molar-refractivity contribution in [1.82, 2.24) is 19.4 Å². The Hall–Kier alpha value is -1.69. The fourth-order valence-corrected chi connectivity index (χ4v) is 2.31. The quantitative estimate of drug-likeness (QED) is 0.870. The van der Waals surface area contributed by atoms with Crippen molar-refractivity contribution in [2.24, 2.45) is 7.05 Å². The maximum absolute atomic E-state index is 12.2. The number of hydrogen-bond acceptors (Lipinski definition) is 3. The monoisotopic (exact) mass is 322 g/mol. The van der Waals surface area contributed by atoms with Crippen LogP contribution in [-0.2, 0) is 13.6 Å². The third kappa shape index (κ3) is 3.20. The minimum Gasteiger partial charge on any atom is -0.352 e. The highest BCUT2D eigenvalue weighted by atomic mass is 79.9. The highest BCUT2D eigenvalue weighted by molar-refractivity contribution is 9.10. The fourth-order valence-electron chi connectivity index (χ4n) is 1.74. The second-order valence-electron chi connectivity index (χ2n) is 4.46. The van der Waals surface area contributed by atoms with Gasteiger partial charge in [-0.1, -0.05) is 0 Å². The number of amides is 1. The molecule has 0 saturated carbocycles. The molecule has 0 fully saturated rings. The molecular weight excluding hydrogens is 308 g/mol. The zero-order valence-electron chi connectivity index (χ0n) is 11.1. The van der Waals surface area contributed by atoms with Crippen LogP contribution in [0.15, 0.2) is 29.1 Å². The lowest BCUT2D eigenvalue weighted by atomic mass is 10.3. The van der Waals surface area contributed by atoms with E-state index in [2.05, 4.69) is 25.9 Å². The summed E-state index contributed by atoms with van der Waals surface area (Å²) in [6.45, 7) is 2.36. The molecule has 2 rings (SSSR count). The van der Waals surface area contributed by atoms with Gasteiger partial charge >= 0.3 is 0 Å². The van der Waals surface area contributed by atoms with E-state index in [1.54, 1.807) is 18.1 Å². The van der Waals surface area contributed by atoms with Crippen molar-refractivity contribution in [3.05, 3.63) is 46.2 Å². The molecular formula is C13H15BrN4O. The van der Waals surface area contributed by atoms with Crippen LogP contribution in [0.5, 0.6) is 0 Å². The Morgan fingerprint density at radius 2 is 2.16 bits per heavy atom. The van der Waals surface area contributed by atoms with Crippen LogP contribution in [0.1, 0.15) is 21.9 Å². The first-order valence-electron chi connectivity index (χ1n) is 5.82. The van der Waals surface area contributed by atoms with Crippen LogP contribution in [0.2, 0.25) is 0 Å². The van der Waals surface area contributed by atoms with Gasteiger partial charge in [-0.25, -0.2) is 4.98 Å². The van der Waals surface area contributed by atoms with E-state index < -0.39 is 0 Å². The number of aryl methyl sites for hydroxylation is 2. The number of aromatic nitrogens is 3. The topological polar surface area (TPSA) is 51.0 Å². The molecule has 0 atom stereocenters. The van der Waals surface area contributed by atoms with Gasteiger partial charge in [-0.05, 0) is 28.9 Å². The summed E-state index contributed by atoms with van der Waals surface area (Å²) in [5.41, 5.74) is 2.20. The van der Waals surface area contributed by atoms with E-state index in [-0.39, 0.29) is 5.91 Å². The molecule has 0 aliphatic rings. The standard InChI is InChI=1S/C13H15BrN4O/c1-9-5-16-12(6-15-9)13(19)18(3)8-11-4-10(14)7-17(11)2/h4-7H,8H2,1-3H3. The van der Waals surface area contributed by atoms with E-state index >= 15 is 0 Å². The van der Waals surface area contributed by atoms with Gasteiger partial charge in [0, 0.05) is 36.7 Å². The molecule has 0 bridgehead atoms. The third-order valence-electron chi connectivity index (χ3n) is 2.82. The van der Waals surface area contributed by atoms with E-state index in [9.17, 15) is 4.79 Å². The third-order valence-corrected chi connectivity index (χ3v) is 3.25. The second kappa shape index (κ2) is 5.52. The van der Waals surface area contributed by atoms with Crippen molar-refractivity contribution < 1.29 is 4.79 Å². The van der Waals surface area contributed by atoms with Gasteiger partial charge in [-0.2, -0.15) is 0 Å². The molecule has 0 spiro atoms. The lowest BCUT2D eigenvalue weighted by molar-refractivity contribution is 0.0776. The summed E-state index contributed by atoms with van der Waals surface area (Å²) >= 11 is 3.42. The average Bonchev–Trinajstić information content (AvgIpc) is 2.68. The molecule has 19 heavy (non-hydrogen) atoms. The van der Waals surface area contributed by atoms with E-state index in [1.165, 1.54) is 6.20 Å². The number of nitrogens with zero attached hydrogens (tertiary/aromatic N) is 4. The molecule has 0 N–H and O–H groups in total. The Balaban J connectivity index is 2.11. The number of carbonyl (C=O) groups is 1. The van der Waals surface area contributed by atoms with Gasteiger partial charge in [0.15, 0.2) is 0 Å². The minimum absolute atomic E-state index is 0.134. The average molecular weight is 323 g/mol. The van der Waals surface area contributed by atoms with E-state index in [0.717, 1.165) is 15.9 Å². The van der Waals surface area contributed by atoms with E-state index in [1.807, 2.05) is 30.8 Å². The van der Waals surface area contributed by atoms with Crippen LogP contribution in [-0.4, -0.2) is 32.4 Å². The predicted octanol–water partition coefficient (Wildman–Crippen LogP) is 2.16. The zero-order valence-corrected chi connectivity index (χ0v) is 12.7. The van der Waals surface area contributed by atoms with Gasteiger partial charge in [-0.15, -0.1) is 0 Å². The number of carbonyl (C=O) groups excluding carboxylic acids is 1. The Morgan fingerprint density at radius 3 is 2.68 bits per heavy atom. The smallest absolute Gasteiger partial charge is 0.274 e. The summed E-state index contributed by atoms with van der Waals surface area (Å²) < 4.78 is 2.98. The Morgan fingerprint density at radius 1 is 1.42 bits per heavy atom. The second-order valence-corrected chi connectivity index (χ2v) is 5.38. The largest absolute Gasteiger partial charge is 0.352 e. The molecule has 5 nitrogen and oxygen atoms in total. The Bertz CT molecular complexity index is 591. The normalized spacial score (nSPS) is 10.5. The van der Waals surface area contributed by atoms with Crippen molar-refractivity contribution in [3.63, 3.8) is 0 Å². The molecule has 2 aromatic heterocycles. The SMILES string of the molecule is Cc1cnc(C(=O)N(C)Cc2cc(Br)cn2C)cn1. The van der Waals surface area contributed by atoms with Gasteiger partial charge in [0.1, 0.15) is 5.69 Å². The molecule has 100 valence electrons. The van der Waals surface area contributed by atoms with Crippen LogP contribution >= 0.6 is 15.9 Å². The van der Waals surface area contributed by atoms with Crippen LogP contribution in [0.4, 0.5) is 0 Å². The summed E-state index contributed by atoms with van der Waals surface area (Å²) in [5.74, 6) is -0.134. The van der Waals surface area contributed by atoms with Gasteiger partial charge in [0.05, 0.1) is 18.4 Å². The lowest BCUT2D eigenvalue weighted by Gasteiger charge is -2.17. The van der Waals surface area contributed by atoms with Crippen LogP contribution in [0.25, 0.3) is 0 Å². The Kier molecular flexibility index (Phi) is 3.99. The molecule has 0 radical (unpaired) electrons. The lowest BCUT2D eigenvalue weighted by Crippen LogP contribution is -2.28. The molecule has 2 aromatic rings. The highest BCUT2D eigenvalue weighted by Gasteiger charge is 2.15. The molecule has 0 aromatic carbocycles. The summed E-state index contributed by atoms with van der Waals surface area (Å²) in [4.78, 5) is 22.0. The highest BCUT2D eigenvalue weighted by Crippen LogP contribution is 2.15. The molecule has 2 heterocycles. The van der Waals surface area contributed by atoms with E-state index in [4.69, 9.17) is 0 Å². The van der Waals surface area contributed by atoms with Gasteiger partial charge in [-0.3, -0.25) is 9.78 Å². The van der Waals surface area contributed by atoms with Crippen LogP contribution in [0, 0.1) is 6.92 Å². The van der Waals surface area contributed by atoms with Crippen molar-refractivity contribution in [2.75, 3.05) is 7.05 Å².